The fourth-order valence-electron chi connectivity index (χ4n) is 15.0. The Kier molecular flexibility index (Phi) is 8.14. The Morgan fingerprint density at radius 3 is 1.93 bits per heavy atom. The molecule has 5 saturated carbocycles. The standard InChI is InChI=1S/C44H54O14/c1-19-30-22-6-7-26-39(2)16-25(48)35-44(17-45,27(39)8-9-41(26,4)40(22,3)10-12-43(30)13-11-42(19,5)58-38(43)55)18-56-36(53)20-14-23(46)31(49)33(51)28(20)29-21(37(54)57-35)15-24(47)32(50)34(29)52/h14-15,19,22,25-27,30,35,45-52H,6-13,16-18H2,1-5H3/t19-,22+,25+,26+,27+,30+,35-,39+,40+,41+,42-,43+,44+/m0/s1. The van der Waals surface area contributed by atoms with Crippen LogP contribution in [-0.2, 0) is 19.0 Å². The number of esters is 3. The van der Waals surface area contributed by atoms with Crippen LogP contribution in [0.3, 0.4) is 0 Å². The second-order valence-electron chi connectivity index (χ2n) is 19.9. The van der Waals surface area contributed by atoms with Gasteiger partial charge in [0.2, 0.25) is 11.5 Å². The smallest absolute Gasteiger partial charge is 0.339 e. The van der Waals surface area contributed by atoms with Crippen LogP contribution in [0.25, 0.3) is 11.1 Å². The maximum Gasteiger partial charge on any atom is 0.339 e. The number of rotatable bonds is 1. The van der Waals surface area contributed by atoms with Crippen molar-refractivity contribution in [2.75, 3.05) is 13.2 Å². The number of hydrogen-bond acceptors (Lipinski definition) is 14. The second-order valence-corrected chi connectivity index (χ2v) is 19.9. The lowest BCUT2D eigenvalue weighted by Crippen LogP contribution is -2.73. The molecule has 2 aromatic carbocycles. The van der Waals surface area contributed by atoms with E-state index in [1.165, 1.54) is 0 Å². The van der Waals surface area contributed by atoms with Gasteiger partial charge in [-0.2, -0.15) is 0 Å². The molecular weight excluding hydrogens is 752 g/mol. The number of cyclic esters (lactones) is 1. The van der Waals surface area contributed by atoms with Gasteiger partial charge in [0.05, 0.1) is 34.7 Å². The van der Waals surface area contributed by atoms with Crippen molar-refractivity contribution in [1.29, 1.82) is 0 Å². The fraction of sp³-hybridized carbons (Fsp3) is 0.659. The van der Waals surface area contributed by atoms with Gasteiger partial charge in [-0.25, -0.2) is 9.59 Å². The number of aliphatic hydroxyl groups excluding tert-OH is 2. The van der Waals surface area contributed by atoms with E-state index >= 15 is 0 Å². The number of phenols is 6. The molecule has 3 heterocycles. The number of hydrogen-bond donors (Lipinski definition) is 8. The number of aliphatic hydroxyl groups is 2. The first-order valence-electron chi connectivity index (χ1n) is 20.6. The van der Waals surface area contributed by atoms with Gasteiger partial charge >= 0.3 is 17.9 Å². The molecule has 13 atom stereocenters. The van der Waals surface area contributed by atoms with Crippen molar-refractivity contribution in [3.05, 3.63) is 23.3 Å². The minimum Gasteiger partial charge on any atom is -0.504 e. The number of phenolic OH excluding ortho intramolecular Hbond substituents is 6. The first-order chi connectivity index (χ1) is 27.2. The van der Waals surface area contributed by atoms with Crippen molar-refractivity contribution in [3.8, 4) is 45.6 Å². The summed E-state index contributed by atoms with van der Waals surface area (Å²) in [6.45, 7) is 9.96. The third-order valence-electron chi connectivity index (χ3n) is 18.1. The largest absolute Gasteiger partial charge is 0.504 e. The zero-order valence-electron chi connectivity index (χ0n) is 33.5. The van der Waals surface area contributed by atoms with Crippen LogP contribution in [-0.4, -0.2) is 89.8 Å². The normalized spacial score (nSPS) is 44.0. The highest BCUT2D eigenvalue weighted by Gasteiger charge is 2.76. The Bertz CT molecular complexity index is 2170. The molecule has 0 amide bonds. The molecule has 8 N–H and O–H groups in total. The summed E-state index contributed by atoms with van der Waals surface area (Å²) in [5.41, 5.74) is -6.40. The van der Waals surface area contributed by atoms with Gasteiger partial charge in [-0.1, -0.05) is 27.7 Å². The zero-order valence-corrected chi connectivity index (χ0v) is 33.5. The van der Waals surface area contributed by atoms with Crippen LogP contribution >= 0.6 is 0 Å². The molecule has 14 heteroatoms. The maximum absolute atomic E-state index is 14.4. The first-order valence-corrected chi connectivity index (χ1v) is 20.6. The summed E-state index contributed by atoms with van der Waals surface area (Å²) in [6, 6.07) is 1.52. The molecule has 2 saturated heterocycles. The predicted molar refractivity (Wildman–Crippen MR) is 203 cm³/mol. The molecule has 10 rings (SSSR count). The quantitative estimate of drug-likeness (QED) is 0.0991. The zero-order chi connectivity index (χ0) is 41.9. The van der Waals surface area contributed by atoms with Crippen molar-refractivity contribution in [2.24, 2.45) is 56.7 Å². The molecule has 2 bridgehead atoms. The molecule has 3 aliphatic heterocycles. The third-order valence-corrected chi connectivity index (χ3v) is 18.1. The highest BCUT2D eigenvalue weighted by Crippen LogP contribution is 2.78. The average molecular weight is 807 g/mol. The summed E-state index contributed by atoms with van der Waals surface area (Å²) in [5.74, 6) is -8.74. The van der Waals surface area contributed by atoms with Gasteiger partial charge in [-0.3, -0.25) is 4.79 Å². The van der Waals surface area contributed by atoms with Crippen molar-refractivity contribution < 1.29 is 69.4 Å². The predicted octanol–water partition coefficient (Wildman–Crippen LogP) is 5.62. The van der Waals surface area contributed by atoms with Crippen LogP contribution in [0.4, 0.5) is 0 Å². The topological polar surface area (TPSA) is 241 Å². The Morgan fingerprint density at radius 2 is 1.33 bits per heavy atom. The van der Waals surface area contributed by atoms with E-state index in [0.717, 1.165) is 50.7 Å². The maximum atomic E-state index is 14.4. The Labute approximate surface area is 335 Å². The molecular formula is C44H54O14. The lowest BCUT2D eigenvalue weighted by molar-refractivity contribution is -0.300. The highest BCUT2D eigenvalue weighted by atomic mass is 16.6. The molecule has 0 aromatic heterocycles. The summed E-state index contributed by atoms with van der Waals surface area (Å²) in [5, 5.41) is 88.2. The second kappa shape index (κ2) is 12.1. The van der Waals surface area contributed by atoms with E-state index < -0.39 is 122 Å². The van der Waals surface area contributed by atoms with Crippen LogP contribution in [0.1, 0.15) is 113 Å². The fourth-order valence-corrected chi connectivity index (χ4v) is 15.0. The van der Waals surface area contributed by atoms with Gasteiger partial charge < -0.3 is 55.1 Å². The van der Waals surface area contributed by atoms with E-state index in [-0.39, 0.29) is 46.9 Å². The molecule has 2 aromatic rings. The van der Waals surface area contributed by atoms with Gasteiger partial charge in [0.1, 0.15) is 18.3 Å². The lowest BCUT2D eigenvalue weighted by atomic mass is 9.30. The van der Waals surface area contributed by atoms with Crippen LogP contribution in [0.2, 0.25) is 0 Å². The Morgan fingerprint density at radius 1 is 0.724 bits per heavy atom. The van der Waals surface area contributed by atoms with Crippen molar-refractivity contribution in [2.45, 2.75) is 110 Å². The first kappa shape index (κ1) is 39.1. The number of benzene rings is 2. The number of aromatic hydroxyl groups is 6. The molecule has 7 fully saturated rings. The Balaban J connectivity index is 1.14. The number of carbonyl (C=O) groups is 3. The summed E-state index contributed by atoms with van der Waals surface area (Å²) < 4.78 is 18.2. The van der Waals surface area contributed by atoms with Gasteiger partial charge in [-0.15, -0.1) is 0 Å². The van der Waals surface area contributed by atoms with E-state index in [2.05, 4.69) is 34.6 Å². The van der Waals surface area contributed by atoms with Crippen LogP contribution in [0.5, 0.6) is 34.5 Å². The third kappa shape index (κ3) is 4.53. The number of carbonyl (C=O) groups excluding carboxylic acids is 3. The summed E-state index contributed by atoms with van der Waals surface area (Å²) in [7, 11) is 0. The molecule has 314 valence electrons. The highest BCUT2D eigenvalue weighted by molar-refractivity contribution is 6.08. The monoisotopic (exact) mass is 806 g/mol. The number of ether oxygens (including phenoxy) is 3. The molecule has 0 unspecified atom stereocenters. The van der Waals surface area contributed by atoms with E-state index in [0.29, 0.717) is 12.8 Å². The molecule has 0 radical (unpaired) electrons. The molecule has 8 aliphatic rings. The van der Waals surface area contributed by atoms with E-state index in [4.69, 9.17) is 14.2 Å². The average Bonchev–Trinajstić information content (AvgIpc) is 3.18. The van der Waals surface area contributed by atoms with Gasteiger partial charge in [0.15, 0.2) is 23.0 Å². The van der Waals surface area contributed by atoms with Crippen molar-refractivity contribution in [3.63, 3.8) is 0 Å². The van der Waals surface area contributed by atoms with Crippen molar-refractivity contribution >= 4 is 17.9 Å². The van der Waals surface area contributed by atoms with Gasteiger partial charge in [0, 0.05) is 11.1 Å². The minimum atomic E-state index is -1.59. The van der Waals surface area contributed by atoms with E-state index in [1.807, 2.05) is 0 Å². The van der Waals surface area contributed by atoms with Crippen LogP contribution in [0.15, 0.2) is 12.1 Å². The summed E-state index contributed by atoms with van der Waals surface area (Å²) in [4.78, 5) is 42.3. The van der Waals surface area contributed by atoms with Gasteiger partial charge in [-0.05, 0) is 123 Å². The minimum absolute atomic E-state index is 0.00600. The molecule has 58 heavy (non-hydrogen) atoms. The molecule has 5 aliphatic carbocycles. The van der Waals surface area contributed by atoms with Crippen LogP contribution < -0.4 is 0 Å². The van der Waals surface area contributed by atoms with Crippen molar-refractivity contribution in [1.82, 2.24) is 0 Å². The SMILES string of the molecule is C[C@H]1[C@@H]2[C@H]3CC[C@@H]4[C@@]5(C)C[C@@H](O)[C@@H]6OC(=O)c7cc(O)c(O)c(O)c7-c7c(cc(O)c(O)c7O)C(=O)OC[C@]6(CO)[C@@H]5CC[C@@]4(C)[C@]3(C)CC[C@@]23CC[C@]1(C)OC3=O. The Hall–Kier alpha value is -4.43. The summed E-state index contributed by atoms with van der Waals surface area (Å²) in [6.07, 6.45) is 3.46. The summed E-state index contributed by atoms with van der Waals surface area (Å²) >= 11 is 0. The lowest BCUT2D eigenvalue weighted by Gasteiger charge is -2.75. The van der Waals surface area contributed by atoms with E-state index in [1.54, 1.807) is 0 Å². The van der Waals surface area contributed by atoms with Crippen LogP contribution in [0, 0.1) is 56.7 Å². The number of fused-ring (bicyclic) bond motifs is 12. The van der Waals surface area contributed by atoms with Gasteiger partial charge in [0.25, 0.3) is 0 Å². The molecule has 14 nitrogen and oxygen atoms in total. The molecule has 1 spiro atoms. The van der Waals surface area contributed by atoms with E-state index in [9.17, 15) is 55.2 Å².